The molecule has 0 aliphatic heterocycles. The van der Waals surface area contributed by atoms with E-state index in [1.807, 2.05) is 0 Å². The molecule has 0 aromatic heterocycles. The second-order valence-corrected chi connectivity index (χ2v) is 6.73. The lowest BCUT2D eigenvalue weighted by atomic mass is 9.97. The van der Waals surface area contributed by atoms with Crippen molar-refractivity contribution in [3.05, 3.63) is 24.3 Å². The third-order valence-corrected chi connectivity index (χ3v) is 2.48. The van der Waals surface area contributed by atoms with Crippen molar-refractivity contribution in [1.82, 2.24) is 0 Å². The van der Waals surface area contributed by atoms with Crippen molar-refractivity contribution >= 4 is 11.9 Å². The van der Waals surface area contributed by atoms with Crippen molar-refractivity contribution < 1.29 is 19.1 Å². The maximum absolute atomic E-state index is 11.9. The summed E-state index contributed by atoms with van der Waals surface area (Å²) in [4.78, 5) is 23.8. The van der Waals surface area contributed by atoms with Gasteiger partial charge in [-0.05, 0) is 53.7 Å². The molecule has 0 atom stereocenters. The molecule has 0 radical (unpaired) electrons. The molecule has 0 spiro atoms. The minimum atomic E-state index is -0.624. The normalized spacial score (nSPS) is 11.9. The van der Waals surface area contributed by atoms with E-state index >= 15 is 0 Å². The standard InChI is InChI=1S/C16H22O4/c1-15(2,3)13(17)19-11-9-7-8-10-12(11)20-14(18)16(4,5)6/h7-10H,1-6H3. The minimum Gasteiger partial charge on any atom is -0.422 e. The molecule has 0 N–H and O–H groups in total. The topological polar surface area (TPSA) is 52.6 Å². The smallest absolute Gasteiger partial charge is 0.316 e. The van der Waals surface area contributed by atoms with E-state index in [4.69, 9.17) is 9.47 Å². The first-order valence-corrected chi connectivity index (χ1v) is 6.55. The lowest BCUT2D eigenvalue weighted by Gasteiger charge is -2.20. The number of carbonyl (C=O) groups excluding carboxylic acids is 2. The second-order valence-electron chi connectivity index (χ2n) is 6.73. The van der Waals surface area contributed by atoms with Crippen LogP contribution in [-0.2, 0) is 9.59 Å². The maximum Gasteiger partial charge on any atom is 0.316 e. The Morgan fingerprint density at radius 1 is 0.750 bits per heavy atom. The van der Waals surface area contributed by atoms with Crippen molar-refractivity contribution in [3.8, 4) is 11.5 Å². The first kappa shape index (κ1) is 16.2. The SMILES string of the molecule is CC(C)(C)C(=O)Oc1ccccc1OC(=O)C(C)(C)C. The third kappa shape index (κ3) is 4.37. The largest absolute Gasteiger partial charge is 0.422 e. The molecule has 0 unspecified atom stereocenters. The zero-order valence-corrected chi connectivity index (χ0v) is 12.9. The Bertz CT molecular complexity index is 457. The Morgan fingerprint density at radius 2 is 1.05 bits per heavy atom. The molecule has 4 nitrogen and oxygen atoms in total. The molecule has 0 bridgehead atoms. The number of hydrogen-bond acceptors (Lipinski definition) is 4. The van der Waals surface area contributed by atoms with Gasteiger partial charge in [-0.3, -0.25) is 9.59 Å². The van der Waals surface area contributed by atoms with Crippen LogP contribution in [-0.4, -0.2) is 11.9 Å². The van der Waals surface area contributed by atoms with Gasteiger partial charge in [-0.25, -0.2) is 0 Å². The number of esters is 2. The Balaban J connectivity index is 2.95. The van der Waals surface area contributed by atoms with Crippen LogP contribution < -0.4 is 9.47 Å². The van der Waals surface area contributed by atoms with Crippen LogP contribution in [0.5, 0.6) is 11.5 Å². The molecule has 0 aliphatic rings. The van der Waals surface area contributed by atoms with Crippen molar-refractivity contribution in [2.45, 2.75) is 41.5 Å². The van der Waals surface area contributed by atoms with Gasteiger partial charge >= 0.3 is 11.9 Å². The summed E-state index contributed by atoms with van der Waals surface area (Å²) in [7, 11) is 0. The van der Waals surface area contributed by atoms with Gasteiger partial charge in [0.1, 0.15) is 0 Å². The molecule has 20 heavy (non-hydrogen) atoms. The van der Waals surface area contributed by atoms with Crippen LogP contribution in [0.15, 0.2) is 24.3 Å². The lowest BCUT2D eigenvalue weighted by molar-refractivity contribution is -0.145. The zero-order chi connectivity index (χ0) is 15.6. The van der Waals surface area contributed by atoms with Gasteiger partial charge < -0.3 is 9.47 Å². The highest BCUT2D eigenvalue weighted by Gasteiger charge is 2.27. The van der Waals surface area contributed by atoms with E-state index in [9.17, 15) is 9.59 Å². The predicted octanol–water partition coefficient (Wildman–Crippen LogP) is 3.59. The Labute approximate surface area is 120 Å². The summed E-state index contributed by atoms with van der Waals surface area (Å²) in [6.07, 6.45) is 0. The second kappa shape index (κ2) is 5.65. The van der Waals surface area contributed by atoms with E-state index in [1.54, 1.807) is 65.8 Å². The molecular formula is C16H22O4. The number of hydrogen-bond donors (Lipinski definition) is 0. The van der Waals surface area contributed by atoms with E-state index < -0.39 is 10.8 Å². The van der Waals surface area contributed by atoms with Gasteiger partial charge in [-0.2, -0.15) is 0 Å². The van der Waals surface area contributed by atoms with Crippen LogP contribution in [0.25, 0.3) is 0 Å². The van der Waals surface area contributed by atoms with Gasteiger partial charge in [0.05, 0.1) is 10.8 Å². The molecule has 0 fully saturated rings. The van der Waals surface area contributed by atoms with E-state index in [0.717, 1.165) is 0 Å². The monoisotopic (exact) mass is 278 g/mol. The predicted molar refractivity (Wildman–Crippen MR) is 76.6 cm³/mol. The van der Waals surface area contributed by atoms with Gasteiger partial charge in [-0.1, -0.05) is 12.1 Å². The summed E-state index contributed by atoms with van der Waals surface area (Å²) in [6, 6.07) is 6.66. The highest BCUT2D eigenvalue weighted by Crippen LogP contribution is 2.30. The minimum absolute atomic E-state index is 0.255. The molecule has 0 aliphatic carbocycles. The van der Waals surface area contributed by atoms with E-state index in [2.05, 4.69) is 0 Å². The Kier molecular flexibility index (Phi) is 4.58. The molecular weight excluding hydrogens is 256 g/mol. The number of para-hydroxylation sites is 2. The highest BCUT2D eigenvalue weighted by molar-refractivity contribution is 5.81. The average Bonchev–Trinajstić information content (AvgIpc) is 2.29. The van der Waals surface area contributed by atoms with Gasteiger partial charge in [-0.15, -0.1) is 0 Å². The molecule has 0 saturated heterocycles. The van der Waals surface area contributed by atoms with Crippen LogP contribution >= 0.6 is 0 Å². The van der Waals surface area contributed by atoms with Crippen LogP contribution in [0.4, 0.5) is 0 Å². The first-order valence-electron chi connectivity index (χ1n) is 6.55. The van der Waals surface area contributed by atoms with E-state index in [1.165, 1.54) is 0 Å². The zero-order valence-electron chi connectivity index (χ0n) is 12.9. The fraction of sp³-hybridized carbons (Fsp3) is 0.500. The van der Waals surface area contributed by atoms with Gasteiger partial charge in [0.25, 0.3) is 0 Å². The summed E-state index contributed by atoms with van der Waals surface area (Å²) < 4.78 is 10.6. The molecule has 1 aromatic carbocycles. The lowest BCUT2D eigenvalue weighted by Crippen LogP contribution is -2.27. The van der Waals surface area contributed by atoms with Crippen LogP contribution in [0.2, 0.25) is 0 Å². The Morgan fingerprint density at radius 3 is 1.30 bits per heavy atom. The van der Waals surface area contributed by atoms with Crippen LogP contribution in [0.3, 0.4) is 0 Å². The van der Waals surface area contributed by atoms with Gasteiger partial charge in [0, 0.05) is 0 Å². The fourth-order valence-electron chi connectivity index (χ4n) is 1.12. The quantitative estimate of drug-likeness (QED) is 0.613. The van der Waals surface area contributed by atoms with Crippen LogP contribution in [0.1, 0.15) is 41.5 Å². The first-order chi connectivity index (χ1) is 9.01. The number of carbonyl (C=O) groups is 2. The maximum atomic E-state index is 11.9. The third-order valence-electron chi connectivity index (χ3n) is 2.48. The number of benzene rings is 1. The average molecular weight is 278 g/mol. The van der Waals surface area contributed by atoms with Crippen molar-refractivity contribution in [3.63, 3.8) is 0 Å². The molecule has 0 amide bonds. The Hall–Kier alpha value is -1.84. The van der Waals surface area contributed by atoms with E-state index in [-0.39, 0.29) is 23.4 Å². The summed E-state index contributed by atoms with van der Waals surface area (Å²) >= 11 is 0. The molecule has 0 saturated carbocycles. The molecule has 1 rings (SSSR count). The summed E-state index contributed by atoms with van der Waals surface area (Å²) in [5.74, 6) is -0.247. The number of rotatable bonds is 2. The number of ether oxygens (including phenoxy) is 2. The van der Waals surface area contributed by atoms with Crippen LogP contribution in [0, 0.1) is 10.8 Å². The molecule has 0 heterocycles. The summed E-state index contributed by atoms with van der Waals surface area (Å²) in [5.41, 5.74) is -1.25. The van der Waals surface area contributed by atoms with Crippen molar-refractivity contribution in [2.24, 2.45) is 10.8 Å². The highest BCUT2D eigenvalue weighted by atomic mass is 16.6. The fourth-order valence-corrected chi connectivity index (χ4v) is 1.12. The molecule has 4 heteroatoms. The molecule has 1 aromatic rings. The molecule has 110 valence electrons. The van der Waals surface area contributed by atoms with E-state index in [0.29, 0.717) is 0 Å². The summed E-state index contributed by atoms with van der Waals surface area (Å²) in [6.45, 7) is 10.6. The van der Waals surface area contributed by atoms with Crippen molar-refractivity contribution in [2.75, 3.05) is 0 Å². The van der Waals surface area contributed by atoms with Gasteiger partial charge in [0.2, 0.25) is 0 Å². The van der Waals surface area contributed by atoms with Crippen molar-refractivity contribution in [1.29, 1.82) is 0 Å². The summed E-state index contributed by atoms with van der Waals surface area (Å²) in [5, 5.41) is 0. The van der Waals surface area contributed by atoms with Gasteiger partial charge in [0.15, 0.2) is 11.5 Å².